The molecule has 0 aliphatic carbocycles. The summed E-state index contributed by atoms with van der Waals surface area (Å²) in [6.45, 7) is 6.05. The largest absolute Gasteiger partial charge is 0.342 e. The van der Waals surface area contributed by atoms with Gasteiger partial charge in [0, 0.05) is 13.1 Å². The molecule has 0 atom stereocenters. The Kier molecular flexibility index (Phi) is 2.92. The zero-order valence-electron chi connectivity index (χ0n) is 7.39. The second kappa shape index (κ2) is 3.74. The van der Waals surface area contributed by atoms with E-state index in [1.807, 2.05) is 4.90 Å². The van der Waals surface area contributed by atoms with E-state index >= 15 is 0 Å². The first-order valence-electron chi connectivity index (χ1n) is 4.43. The standard InChI is InChI=1S/C9H16NO/c1-3-8(4-2)9(11)10-6-5-7-10/h3-7H2,1-2H3. The molecule has 63 valence electrons. The van der Waals surface area contributed by atoms with Crippen LogP contribution in [0.5, 0.6) is 0 Å². The van der Waals surface area contributed by atoms with E-state index in [2.05, 4.69) is 13.8 Å². The highest BCUT2D eigenvalue weighted by atomic mass is 16.2. The van der Waals surface area contributed by atoms with Crippen molar-refractivity contribution >= 4 is 5.91 Å². The predicted molar refractivity (Wildman–Crippen MR) is 45.0 cm³/mol. The first-order valence-corrected chi connectivity index (χ1v) is 4.43. The quantitative estimate of drug-likeness (QED) is 0.604. The Labute approximate surface area is 68.6 Å². The van der Waals surface area contributed by atoms with Gasteiger partial charge in [0.25, 0.3) is 0 Å². The van der Waals surface area contributed by atoms with Crippen molar-refractivity contribution in [3.8, 4) is 0 Å². The van der Waals surface area contributed by atoms with Gasteiger partial charge in [0.15, 0.2) is 0 Å². The van der Waals surface area contributed by atoms with Gasteiger partial charge in [0.1, 0.15) is 0 Å². The van der Waals surface area contributed by atoms with Crippen LogP contribution in [0.25, 0.3) is 0 Å². The highest BCUT2D eigenvalue weighted by Crippen LogP contribution is 2.18. The van der Waals surface area contributed by atoms with Gasteiger partial charge in [-0.1, -0.05) is 13.8 Å². The summed E-state index contributed by atoms with van der Waals surface area (Å²) in [5, 5.41) is 0. The van der Waals surface area contributed by atoms with Crippen molar-refractivity contribution in [2.24, 2.45) is 0 Å². The molecule has 1 aliphatic heterocycles. The Morgan fingerprint density at radius 2 is 1.82 bits per heavy atom. The van der Waals surface area contributed by atoms with Crippen LogP contribution in [-0.4, -0.2) is 23.9 Å². The van der Waals surface area contributed by atoms with E-state index in [4.69, 9.17) is 0 Å². The minimum Gasteiger partial charge on any atom is -0.342 e. The second-order valence-corrected chi connectivity index (χ2v) is 2.96. The van der Waals surface area contributed by atoms with Crippen LogP contribution in [-0.2, 0) is 4.79 Å². The summed E-state index contributed by atoms with van der Waals surface area (Å²) in [5.74, 6) is 1.37. The molecule has 0 saturated carbocycles. The van der Waals surface area contributed by atoms with Gasteiger partial charge in [-0.15, -0.1) is 0 Å². The van der Waals surface area contributed by atoms with Gasteiger partial charge < -0.3 is 4.90 Å². The molecule has 11 heavy (non-hydrogen) atoms. The van der Waals surface area contributed by atoms with E-state index in [-0.39, 0.29) is 0 Å². The van der Waals surface area contributed by atoms with Crippen molar-refractivity contribution < 1.29 is 4.79 Å². The van der Waals surface area contributed by atoms with Crippen LogP contribution in [0.3, 0.4) is 0 Å². The molecule has 1 amide bonds. The van der Waals surface area contributed by atoms with Crippen molar-refractivity contribution in [1.29, 1.82) is 0 Å². The highest BCUT2D eigenvalue weighted by molar-refractivity contribution is 5.90. The van der Waals surface area contributed by atoms with Crippen LogP contribution < -0.4 is 0 Å². The Bertz CT molecular complexity index is 136. The molecule has 0 spiro atoms. The fourth-order valence-electron chi connectivity index (χ4n) is 1.30. The summed E-state index contributed by atoms with van der Waals surface area (Å²) in [6.07, 6.45) is 3.00. The SMILES string of the molecule is CC[C](CC)C(=O)N1CCC1. The lowest BCUT2D eigenvalue weighted by atomic mass is 10.00. The zero-order chi connectivity index (χ0) is 8.27. The number of carbonyl (C=O) groups is 1. The summed E-state index contributed by atoms with van der Waals surface area (Å²) in [6, 6.07) is 0. The van der Waals surface area contributed by atoms with Crippen LogP contribution in [0, 0.1) is 5.92 Å². The molecular weight excluding hydrogens is 138 g/mol. The maximum absolute atomic E-state index is 11.5. The minimum atomic E-state index is 0.293. The van der Waals surface area contributed by atoms with Gasteiger partial charge in [0.05, 0.1) is 5.92 Å². The first kappa shape index (κ1) is 8.57. The molecule has 0 N–H and O–H groups in total. The van der Waals surface area contributed by atoms with Crippen molar-refractivity contribution in [2.45, 2.75) is 33.1 Å². The molecule has 0 aromatic rings. The fourth-order valence-corrected chi connectivity index (χ4v) is 1.30. The van der Waals surface area contributed by atoms with Gasteiger partial charge in [-0.3, -0.25) is 4.79 Å². The summed E-state index contributed by atoms with van der Waals surface area (Å²) < 4.78 is 0. The predicted octanol–water partition coefficient (Wildman–Crippen LogP) is 1.61. The number of amides is 1. The summed E-state index contributed by atoms with van der Waals surface area (Å²) in [4.78, 5) is 13.4. The minimum absolute atomic E-state index is 0.293. The third-order valence-electron chi connectivity index (χ3n) is 2.30. The summed E-state index contributed by atoms with van der Waals surface area (Å²) >= 11 is 0. The first-order chi connectivity index (χ1) is 5.29. The Morgan fingerprint density at radius 1 is 1.27 bits per heavy atom. The third kappa shape index (κ3) is 1.73. The van der Waals surface area contributed by atoms with Gasteiger partial charge >= 0.3 is 0 Å². The molecule has 1 saturated heterocycles. The molecule has 2 nitrogen and oxygen atoms in total. The van der Waals surface area contributed by atoms with Crippen LogP contribution in [0.4, 0.5) is 0 Å². The van der Waals surface area contributed by atoms with Crippen LogP contribution in [0.2, 0.25) is 0 Å². The molecule has 0 aromatic carbocycles. The molecule has 0 unspecified atom stereocenters. The lowest BCUT2D eigenvalue weighted by Crippen LogP contribution is -2.44. The smallest absolute Gasteiger partial charge is 0.229 e. The molecule has 1 heterocycles. The second-order valence-electron chi connectivity index (χ2n) is 2.96. The van der Waals surface area contributed by atoms with E-state index in [1.165, 1.54) is 6.42 Å². The van der Waals surface area contributed by atoms with Gasteiger partial charge in [-0.2, -0.15) is 0 Å². The average Bonchev–Trinajstić information content (AvgIpc) is 1.86. The van der Waals surface area contributed by atoms with Crippen molar-refractivity contribution in [3.05, 3.63) is 5.92 Å². The van der Waals surface area contributed by atoms with Crippen LogP contribution >= 0.6 is 0 Å². The van der Waals surface area contributed by atoms with Crippen molar-refractivity contribution in [2.75, 3.05) is 13.1 Å². The summed E-state index contributed by atoms with van der Waals surface area (Å²) in [7, 11) is 0. The Hall–Kier alpha value is -0.530. The monoisotopic (exact) mass is 154 g/mol. The fraction of sp³-hybridized carbons (Fsp3) is 0.778. The van der Waals surface area contributed by atoms with Gasteiger partial charge in [-0.25, -0.2) is 0 Å². The number of nitrogens with zero attached hydrogens (tertiary/aromatic N) is 1. The average molecular weight is 154 g/mol. The number of carbonyl (C=O) groups excluding carboxylic acids is 1. The molecule has 1 radical (unpaired) electrons. The molecule has 0 bridgehead atoms. The van der Waals surface area contributed by atoms with E-state index < -0.39 is 0 Å². The molecule has 0 aromatic heterocycles. The Morgan fingerprint density at radius 3 is 2.09 bits per heavy atom. The molecule has 1 aliphatic rings. The zero-order valence-corrected chi connectivity index (χ0v) is 7.39. The van der Waals surface area contributed by atoms with E-state index in [9.17, 15) is 4.79 Å². The molecule has 1 fully saturated rings. The van der Waals surface area contributed by atoms with Crippen molar-refractivity contribution in [1.82, 2.24) is 4.90 Å². The Balaban J connectivity index is 2.36. The highest BCUT2D eigenvalue weighted by Gasteiger charge is 2.25. The molecular formula is C9H16NO. The number of hydrogen-bond acceptors (Lipinski definition) is 1. The third-order valence-corrected chi connectivity index (χ3v) is 2.30. The normalized spacial score (nSPS) is 16.8. The lowest BCUT2D eigenvalue weighted by molar-refractivity contribution is -0.132. The lowest BCUT2D eigenvalue weighted by Gasteiger charge is -2.33. The van der Waals surface area contributed by atoms with E-state index in [0.29, 0.717) is 5.91 Å². The van der Waals surface area contributed by atoms with E-state index in [1.54, 1.807) is 0 Å². The van der Waals surface area contributed by atoms with Crippen molar-refractivity contribution in [3.63, 3.8) is 0 Å². The van der Waals surface area contributed by atoms with Gasteiger partial charge in [0.2, 0.25) is 5.91 Å². The van der Waals surface area contributed by atoms with Crippen LogP contribution in [0.1, 0.15) is 33.1 Å². The topological polar surface area (TPSA) is 20.3 Å². The number of hydrogen-bond donors (Lipinski definition) is 0. The van der Waals surface area contributed by atoms with Crippen LogP contribution in [0.15, 0.2) is 0 Å². The molecule has 2 heteroatoms. The summed E-state index contributed by atoms with van der Waals surface area (Å²) in [5.41, 5.74) is 0. The maximum Gasteiger partial charge on any atom is 0.229 e. The van der Waals surface area contributed by atoms with E-state index in [0.717, 1.165) is 31.8 Å². The molecule has 1 rings (SSSR count). The van der Waals surface area contributed by atoms with Gasteiger partial charge in [-0.05, 0) is 19.3 Å². The maximum atomic E-state index is 11.5. The number of rotatable bonds is 3. The number of likely N-dealkylation sites (tertiary alicyclic amines) is 1.